The quantitative estimate of drug-likeness (QED) is 0.417. The first-order valence-corrected chi connectivity index (χ1v) is 14.3. The Morgan fingerprint density at radius 2 is 1.36 bits per heavy atom. The number of piperazine rings is 1. The zero-order valence-corrected chi connectivity index (χ0v) is 24.1. The lowest BCUT2D eigenvalue weighted by Gasteiger charge is -2.37. The molecule has 2 aliphatic rings. The molecule has 0 radical (unpaired) electrons. The summed E-state index contributed by atoms with van der Waals surface area (Å²) in [5.41, 5.74) is 3.07. The number of likely N-dealkylation sites (tertiary alicyclic amines) is 1. The normalized spacial score (nSPS) is 15.1. The van der Waals surface area contributed by atoms with Crippen LogP contribution in [0.5, 0.6) is 11.5 Å². The van der Waals surface area contributed by atoms with Gasteiger partial charge in [-0.15, -0.1) is 0 Å². The highest BCUT2D eigenvalue weighted by atomic mass is 16.5. The highest BCUT2D eigenvalue weighted by Crippen LogP contribution is 2.29. The molecule has 3 aromatic rings. The zero-order chi connectivity index (χ0) is 29.5. The number of ether oxygens (including phenoxy) is 2. The van der Waals surface area contributed by atoms with Gasteiger partial charge in [-0.2, -0.15) is 0 Å². The van der Waals surface area contributed by atoms with Crippen LogP contribution >= 0.6 is 0 Å². The third-order valence-corrected chi connectivity index (χ3v) is 7.71. The van der Waals surface area contributed by atoms with Crippen molar-refractivity contribution in [3.05, 3.63) is 77.9 Å². The van der Waals surface area contributed by atoms with Gasteiger partial charge in [0.2, 0.25) is 0 Å². The third kappa shape index (κ3) is 6.76. The molecule has 0 bridgehead atoms. The fourth-order valence-corrected chi connectivity index (χ4v) is 5.32. The molecule has 0 atom stereocenters. The lowest BCUT2D eigenvalue weighted by atomic mass is 10.1. The number of nitrogens with one attached hydrogen (secondary N) is 2. The minimum absolute atomic E-state index is 0.0399. The topological polar surface area (TPSA) is 103 Å². The van der Waals surface area contributed by atoms with Crippen LogP contribution in [0.15, 0.2) is 66.7 Å². The lowest BCUT2D eigenvalue weighted by molar-refractivity contribution is 0.0724. The summed E-state index contributed by atoms with van der Waals surface area (Å²) < 4.78 is 10.4. The molecular weight excluding hydrogens is 534 g/mol. The number of urea groups is 1. The van der Waals surface area contributed by atoms with Crippen molar-refractivity contribution in [1.29, 1.82) is 0 Å². The number of amides is 4. The minimum atomic E-state index is -0.283. The first kappa shape index (κ1) is 28.8. The number of methoxy groups -OCH3 is 2. The van der Waals surface area contributed by atoms with Gasteiger partial charge in [0, 0.05) is 61.9 Å². The summed E-state index contributed by atoms with van der Waals surface area (Å²) in [4.78, 5) is 45.5. The number of hydrogen-bond acceptors (Lipinski definition) is 6. The van der Waals surface area contributed by atoms with Crippen molar-refractivity contribution in [2.45, 2.75) is 19.3 Å². The molecule has 0 spiro atoms. The van der Waals surface area contributed by atoms with Crippen molar-refractivity contribution < 1.29 is 23.9 Å². The van der Waals surface area contributed by atoms with Crippen molar-refractivity contribution in [2.24, 2.45) is 0 Å². The van der Waals surface area contributed by atoms with Crippen LogP contribution in [0.3, 0.4) is 0 Å². The van der Waals surface area contributed by atoms with E-state index in [4.69, 9.17) is 9.47 Å². The van der Waals surface area contributed by atoms with Gasteiger partial charge in [-0.25, -0.2) is 4.79 Å². The maximum atomic E-state index is 13.8. The standard InChI is InChI=1S/C32H37N5O5/c1-41-26-12-9-24(10-13-26)34-32(40)37-19-17-35(18-20-37)29-14-11-25(22-28(29)31(39)36-15-4-3-5-16-36)33-30(38)23-7-6-8-27(21-23)42-2/h6-14,21-22H,3-5,15-20H2,1-2H3,(H,33,38)(H,34,40). The van der Waals surface area contributed by atoms with Crippen LogP contribution in [0.25, 0.3) is 0 Å². The Bertz CT molecular complexity index is 1410. The van der Waals surface area contributed by atoms with Crippen molar-refractivity contribution in [3.63, 3.8) is 0 Å². The Kier molecular flexibility index (Phi) is 9.11. The number of carbonyl (C=O) groups is 3. The van der Waals surface area contributed by atoms with Crippen molar-refractivity contribution in [2.75, 3.05) is 69.0 Å². The molecule has 2 fully saturated rings. The Morgan fingerprint density at radius 3 is 2.05 bits per heavy atom. The number of hydrogen-bond donors (Lipinski definition) is 2. The Morgan fingerprint density at radius 1 is 0.667 bits per heavy atom. The molecule has 220 valence electrons. The Labute approximate surface area is 246 Å². The van der Waals surface area contributed by atoms with Crippen LogP contribution in [-0.2, 0) is 0 Å². The molecule has 3 aromatic carbocycles. The fraction of sp³-hybridized carbons (Fsp3) is 0.344. The summed E-state index contributed by atoms with van der Waals surface area (Å²) in [6.07, 6.45) is 3.08. The number of rotatable bonds is 7. The van der Waals surface area contributed by atoms with E-state index in [1.165, 1.54) is 0 Å². The van der Waals surface area contributed by atoms with Gasteiger partial charge in [-0.3, -0.25) is 9.59 Å². The van der Waals surface area contributed by atoms with E-state index in [1.54, 1.807) is 73.7 Å². The van der Waals surface area contributed by atoms with Gasteiger partial charge in [-0.1, -0.05) is 6.07 Å². The summed E-state index contributed by atoms with van der Waals surface area (Å²) in [7, 11) is 3.16. The van der Waals surface area contributed by atoms with E-state index in [0.717, 1.165) is 43.8 Å². The first-order valence-electron chi connectivity index (χ1n) is 14.3. The SMILES string of the molecule is COc1ccc(NC(=O)N2CCN(c3ccc(NC(=O)c4cccc(OC)c4)cc3C(=O)N3CCCCC3)CC2)cc1. The van der Waals surface area contributed by atoms with E-state index < -0.39 is 0 Å². The van der Waals surface area contributed by atoms with E-state index in [2.05, 4.69) is 15.5 Å². The summed E-state index contributed by atoms with van der Waals surface area (Å²) in [6, 6.07) is 19.5. The van der Waals surface area contributed by atoms with Crippen LogP contribution in [0.1, 0.15) is 40.0 Å². The second kappa shape index (κ2) is 13.3. The van der Waals surface area contributed by atoms with Gasteiger partial charge in [-0.05, 0) is 79.9 Å². The first-order chi connectivity index (χ1) is 20.4. The van der Waals surface area contributed by atoms with E-state index in [-0.39, 0.29) is 17.8 Å². The second-order valence-corrected chi connectivity index (χ2v) is 10.4. The summed E-state index contributed by atoms with van der Waals surface area (Å²) >= 11 is 0. The van der Waals surface area contributed by atoms with Crippen LogP contribution in [0.2, 0.25) is 0 Å². The molecule has 0 saturated carbocycles. The lowest BCUT2D eigenvalue weighted by Crippen LogP contribution is -2.50. The number of nitrogens with zero attached hydrogens (tertiary/aromatic N) is 3. The van der Waals surface area contributed by atoms with E-state index >= 15 is 0 Å². The minimum Gasteiger partial charge on any atom is -0.497 e. The summed E-state index contributed by atoms with van der Waals surface area (Å²) in [6.45, 7) is 3.61. The molecule has 2 heterocycles. The van der Waals surface area contributed by atoms with Crippen LogP contribution < -0.4 is 25.0 Å². The number of carbonyl (C=O) groups excluding carboxylic acids is 3. The highest BCUT2D eigenvalue weighted by molar-refractivity contribution is 6.06. The third-order valence-electron chi connectivity index (χ3n) is 7.71. The number of piperidine rings is 1. The maximum absolute atomic E-state index is 13.8. The molecule has 10 nitrogen and oxygen atoms in total. The number of anilines is 3. The number of benzene rings is 3. The van der Waals surface area contributed by atoms with Crippen LogP contribution in [0, 0.1) is 0 Å². The molecule has 2 aliphatic heterocycles. The van der Waals surface area contributed by atoms with Crippen molar-refractivity contribution in [3.8, 4) is 11.5 Å². The van der Waals surface area contributed by atoms with Gasteiger partial charge in [0.1, 0.15) is 11.5 Å². The average Bonchev–Trinajstić information content (AvgIpc) is 3.05. The van der Waals surface area contributed by atoms with Gasteiger partial charge in [0.25, 0.3) is 11.8 Å². The van der Waals surface area contributed by atoms with Gasteiger partial charge < -0.3 is 34.8 Å². The Balaban J connectivity index is 1.30. The van der Waals surface area contributed by atoms with E-state index in [1.807, 2.05) is 17.0 Å². The molecule has 2 N–H and O–H groups in total. The molecule has 0 aromatic heterocycles. The van der Waals surface area contributed by atoms with Crippen molar-refractivity contribution in [1.82, 2.24) is 9.80 Å². The van der Waals surface area contributed by atoms with Gasteiger partial charge >= 0.3 is 6.03 Å². The molecule has 2 saturated heterocycles. The largest absolute Gasteiger partial charge is 0.497 e. The second-order valence-electron chi connectivity index (χ2n) is 10.4. The molecule has 0 aliphatic carbocycles. The summed E-state index contributed by atoms with van der Waals surface area (Å²) in [5, 5.41) is 5.88. The summed E-state index contributed by atoms with van der Waals surface area (Å²) in [5.74, 6) is 0.995. The van der Waals surface area contributed by atoms with E-state index in [9.17, 15) is 14.4 Å². The molecular formula is C32H37N5O5. The monoisotopic (exact) mass is 571 g/mol. The smallest absolute Gasteiger partial charge is 0.321 e. The van der Waals surface area contributed by atoms with Crippen LogP contribution in [0.4, 0.5) is 21.9 Å². The molecule has 42 heavy (non-hydrogen) atoms. The zero-order valence-electron chi connectivity index (χ0n) is 24.1. The molecule has 0 unspecified atom stereocenters. The average molecular weight is 572 g/mol. The maximum Gasteiger partial charge on any atom is 0.321 e. The van der Waals surface area contributed by atoms with Crippen LogP contribution in [-0.4, -0.2) is 81.1 Å². The van der Waals surface area contributed by atoms with E-state index in [0.29, 0.717) is 54.4 Å². The molecule has 4 amide bonds. The molecule has 10 heteroatoms. The van der Waals surface area contributed by atoms with Crippen molar-refractivity contribution >= 4 is 34.9 Å². The predicted molar refractivity (Wildman–Crippen MR) is 163 cm³/mol. The predicted octanol–water partition coefficient (Wildman–Crippen LogP) is 4.94. The van der Waals surface area contributed by atoms with Gasteiger partial charge in [0.05, 0.1) is 19.8 Å². The van der Waals surface area contributed by atoms with Gasteiger partial charge in [0.15, 0.2) is 0 Å². The molecule has 5 rings (SSSR count). The fourth-order valence-electron chi connectivity index (χ4n) is 5.32. The highest BCUT2D eigenvalue weighted by Gasteiger charge is 2.27. The Hall–Kier alpha value is -4.73.